The fourth-order valence-corrected chi connectivity index (χ4v) is 10.9. The number of hydrogen-bond donors (Lipinski definition) is 1. The summed E-state index contributed by atoms with van der Waals surface area (Å²) < 4.78 is 0. The van der Waals surface area contributed by atoms with Crippen LogP contribution >= 0.6 is 0 Å². The maximum atomic E-state index is 14.4. The van der Waals surface area contributed by atoms with Crippen molar-refractivity contribution < 1.29 is 24.5 Å². The van der Waals surface area contributed by atoms with Crippen LogP contribution < -0.4 is 0 Å². The fourth-order valence-electron chi connectivity index (χ4n) is 10.9. The smallest absolute Gasteiger partial charge is 0.312 e. The lowest BCUT2D eigenvalue weighted by molar-refractivity contribution is -0.330. The third-order valence-corrected chi connectivity index (χ3v) is 13.6. The van der Waals surface area contributed by atoms with Crippen molar-refractivity contribution in [2.24, 2.45) is 56.7 Å². The molecule has 212 valence electrons. The molecule has 0 radical (unpaired) electrons. The van der Waals surface area contributed by atoms with Crippen LogP contribution in [0.2, 0.25) is 0 Å². The first kappa shape index (κ1) is 27.9. The van der Waals surface area contributed by atoms with Crippen molar-refractivity contribution in [3.8, 4) is 0 Å². The molecule has 0 heterocycles. The monoisotopic (exact) mass is 526 g/mol. The van der Waals surface area contributed by atoms with Crippen molar-refractivity contribution in [1.82, 2.24) is 0 Å². The number of aliphatic carboxylic acids is 1. The van der Waals surface area contributed by atoms with Crippen molar-refractivity contribution >= 4 is 11.8 Å². The van der Waals surface area contributed by atoms with Crippen LogP contribution in [-0.4, -0.2) is 23.0 Å². The standard InChI is InChI=1S/C33H50O5/c1-9-18-37-38-25-12-14-30(5)24(33(25,8)28(35)36)11-15-32(7)27(30)23(34)19-22-26-21(3)20(2)10-13-29(26,4)16-17-31(22,32)6/h9,18-21,24-27H,10-17H2,1-8H3,(H,35,36)/b18-9+/t20-,21+,24?,25?,26?,27?,29-,30+,31-,32-,33-/m1/s1. The molecule has 1 N–H and O–H groups in total. The van der Waals surface area contributed by atoms with Gasteiger partial charge in [-0.3, -0.25) is 9.59 Å². The highest BCUT2D eigenvalue weighted by molar-refractivity contribution is 5.96. The van der Waals surface area contributed by atoms with Gasteiger partial charge in [0.15, 0.2) is 5.78 Å². The molecule has 5 aliphatic carbocycles. The molecule has 0 aromatic rings. The van der Waals surface area contributed by atoms with Gasteiger partial charge < -0.3 is 9.99 Å². The zero-order chi connectivity index (χ0) is 27.9. The van der Waals surface area contributed by atoms with E-state index in [1.54, 1.807) is 6.08 Å². The van der Waals surface area contributed by atoms with E-state index in [1.807, 2.05) is 13.8 Å². The van der Waals surface area contributed by atoms with Gasteiger partial charge in [-0.15, -0.1) is 0 Å². The summed E-state index contributed by atoms with van der Waals surface area (Å²) in [6.07, 6.45) is 12.6. The first-order valence-corrected chi connectivity index (χ1v) is 15.1. The van der Waals surface area contributed by atoms with Crippen molar-refractivity contribution in [3.63, 3.8) is 0 Å². The molecule has 38 heavy (non-hydrogen) atoms. The Balaban J connectivity index is 1.59. The maximum Gasteiger partial charge on any atom is 0.312 e. The molecule has 5 heteroatoms. The van der Waals surface area contributed by atoms with Gasteiger partial charge in [-0.1, -0.05) is 47.1 Å². The van der Waals surface area contributed by atoms with E-state index in [2.05, 4.69) is 47.6 Å². The van der Waals surface area contributed by atoms with E-state index >= 15 is 0 Å². The minimum absolute atomic E-state index is 0.0446. The highest BCUT2D eigenvalue weighted by Crippen LogP contribution is 2.75. The highest BCUT2D eigenvalue weighted by Gasteiger charge is 2.72. The summed E-state index contributed by atoms with van der Waals surface area (Å²) in [7, 11) is 0. The second-order valence-electron chi connectivity index (χ2n) is 15.1. The lowest BCUT2D eigenvalue weighted by Gasteiger charge is -2.70. The molecular formula is C33H50O5. The molecule has 0 bridgehead atoms. The summed E-state index contributed by atoms with van der Waals surface area (Å²) in [6, 6.07) is 0. The van der Waals surface area contributed by atoms with Crippen LogP contribution in [0.5, 0.6) is 0 Å². The van der Waals surface area contributed by atoms with Crippen molar-refractivity contribution in [2.75, 3.05) is 0 Å². The summed E-state index contributed by atoms with van der Waals surface area (Å²) in [5.41, 5.74) is -0.0679. The largest absolute Gasteiger partial charge is 0.481 e. The topological polar surface area (TPSA) is 72.8 Å². The maximum absolute atomic E-state index is 14.4. The van der Waals surface area contributed by atoms with E-state index in [0.29, 0.717) is 24.2 Å². The minimum atomic E-state index is -1.13. The van der Waals surface area contributed by atoms with Crippen molar-refractivity contribution in [1.29, 1.82) is 0 Å². The lowest BCUT2D eigenvalue weighted by Crippen LogP contribution is -2.68. The van der Waals surface area contributed by atoms with Crippen LogP contribution in [-0.2, 0) is 19.4 Å². The van der Waals surface area contributed by atoms with Crippen molar-refractivity contribution in [2.45, 2.75) is 113 Å². The third-order valence-electron chi connectivity index (χ3n) is 13.6. The van der Waals surface area contributed by atoms with E-state index in [0.717, 1.165) is 25.7 Å². The van der Waals surface area contributed by atoms with Crippen LogP contribution in [0.15, 0.2) is 24.0 Å². The summed E-state index contributed by atoms with van der Waals surface area (Å²) in [6.45, 7) is 18.0. The molecule has 5 rings (SSSR count). The van der Waals surface area contributed by atoms with Gasteiger partial charge in [0.25, 0.3) is 0 Å². The molecular weight excluding hydrogens is 476 g/mol. The van der Waals surface area contributed by atoms with E-state index in [9.17, 15) is 14.7 Å². The second-order valence-corrected chi connectivity index (χ2v) is 15.1. The number of ketones is 1. The number of carboxylic acid groups (broad SMARTS) is 1. The van der Waals surface area contributed by atoms with E-state index in [1.165, 1.54) is 31.1 Å². The zero-order valence-electron chi connectivity index (χ0n) is 24.9. The van der Waals surface area contributed by atoms with Crippen molar-refractivity contribution in [3.05, 3.63) is 24.0 Å². The molecule has 0 spiro atoms. The first-order chi connectivity index (χ1) is 17.7. The number of hydrogen-bond acceptors (Lipinski definition) is 4. The molecule has 11 atom stereocenters. The van der Waals surface area contributed by atoms with Gasteiger partial charge in [0, 0.05) is 5.92 Å². The third kappa shape index (κ3) is 3.45. The summed E-state index contributed by atoms with van der Waals surface area (Å²) in [5.74, 6) is 0.743. The zero-order valence-corrected chi connectivity index (χ0v) is 24.9. The van der Waals surface area contributed by atoms with Crippen LogP contribution in [0, 0.1) is 56.7 Å². The Morgan fingerprint density at radius 1 is 1.00 bits per heavy atom. The summed E-state index contributed by atoms with van der Waals surface area (Å²) in [5, 5.41) is 10.6. The summed E-state index contributed by atoms with van der Waals surface area (Å²) >= 11 is 0. The van der Waals surface area contributed by atoms with Crippen LogP contribution in [0.3, 0.4) is 0 Å². The number of carbonyl (C=O) groups is 2. The van der Waals surface area contributed by atoms with Gasteiger partial charge in [0.1, 0.15) is 12.4 Å². The molecule has 4 saturated carbocycles. The van der Waals surface area contributed by atoms with Gasteiger partial charge in [0.2, 0.25) is 0 Å². The Morgan fingerprint density at radius 2 is 1.71 bits per heavy atom. The Labute approximate surface area is 229 Å². The number of allylic oxidation sites excluding steroid dienone is 3. The molecule has 0 saturated heterocycles. The number of fused-ring (bicyclic) bond motifs is 7. The molecule has 5 aliphatic rings. The first-order valence-electron chi connectivity index (χ1n) is 15.1. The molecule has 4 fully saturated rings. The van der Waals surface area contributed by atoms with Crippen LogP contribution in [0.4, 0.5) is 0 Å². The molecule has 4 unspecified atom stereocenters. The quantitative estimate of drug-likeness (QED) is 0.230. The average Bonchev–Trinajstić information content (AvgIpc) is 2.84. The van der Waals surface area contributed by atoms with Crippen LogP contribution in [0.25, 0.3) is 0 Å². The van der Waals surface area contributed by atoms with Crippen LogP contribution in [0.1, 0.15) is 107 Å². The Kier molecular flexibility index (Phi) is 6.57. The lowest BCUT2D eigenvalue weighted by atomic mass is 9.33. The van der Waals surface area contributed by atoms with E-state index in [-0.39, 0.29) is 33.9 Å². The Bertz CT molecular complexity index is 1060. The second kappa shape index (κ2) is 8.94. The molecule has 0 aromatic carbocycles. The molecule has 0 amide bonds. The van der Waals surface area contributed by atoms with Gasteiger partial charge >= 0.3 is 5.97 Å². The van der Waals surface area contributed by atoms with Gasteiger partial charge in [-0.2, -0.15) is 4.89 Å². The van der Waals surface area contributed by atoms with Gasteiger partial charge in [-0.05, 0) is 123 Å². The number of carboxylic acids is 1. The average molecular weight is 527 g/mol. The Morgan fingerprint density at radius 3 is 2.37 bits per heavy atom. The predicted molar refractivity (Wildman–Crippen MR) is 148 cm³/mol. The van der Waals surface area contributed by atoms with Gasteiger partial charge in [0.05, 0.1) is 5.41 Å². The van der Waals surface area contributed by atoms with E-state index in [4.69, 9.17) is 9.78 Å². The fraction of sp³-hybridized carbons (Fsp3) is 0.818. The molecule has 0 aromatic heterocycles. The predicted octanol–water partition coefficient (Wildman–Crippen LogP) is 7.76. The number of carbonyl (C=O) groups excluding carboxylic acids is 1. The SMILES string of the molecule is C/C=C/OOC1CC[C@@]2(C)C(CC[C@]3(C)C2C(=O)C=C2C4[C@@H](C)[C@H](C)CC[C@]4(C)CC[C@]23C)[C@@]1(C)C(=O)O. The highest BCUT2D eigenvalue weighted by atomic mass is 17.2. The van der Waals surface area contributed by atoms with Gasteiger partial charge in [-0.25, -0.2) is 0 Å². The normalized spacial score (nSPS) is 52.3. The molecule has 0 aliphatic heterocycles. The summed E-state index contributed by atoms with van der Waals surface area (Å²) in [4.78, 5) is 38.4. The minimum Gasteiger partial charge on any atom is -0.481 e. The Hall–Kier alpha value is -1.62. The van der Waals surface area contributed by atoms with E-state index < -0.39 is 22.9 Å². The number of rotatable bonds is 4. The molecule has 5 nitrogen and oxygen atoms in total.